The van der Waals surface area contributed by atoms with E-state index < -0.39 is 0 Å². The van der Waals surface area contributed by atoms with Crippen LogP contribution in [0, 0.1) is 0 Å². The van der Waals surface area contributed by atoms with Crippen LogP contribution in [0.15, 0.2) is 48.5 Å². The Kier molecular flexibility index (Phi) is 6.96. The van der Waals surface area contributed by atoms with Crippen molar-refractivity contribution in [2.45, 2.75) is 32.0 Å². The minimum Gasteiger partial charge on any atom is -0.497 e. The molecule has 27 heavy (non-hydrogen) atoms. The van der Waals surface area contributed by atoms with Crippen molar-refractivity contribution in [3.63, 3.8) is 0 Å². The van der Waals surface area contributed by atoms with Gasteiger partial charge in [-0.3, -0.25) is 4.90 Å². The van der Waals surface area contributed by atoms with E-state index in [0.717, 1.165) is 48.8 Å². The number of benzene rings is 2. The number of likely N-dealkylation sites (tertiary alicyclic amines) is 1. The van der Waals surface area contributed by atoms with Gasteiger partial charge in [0.05, 0.1) is 7.11 Å². The van der Waals surface area contributed by atoms with Gasteiger partial charge < -0.3 is 15.4 Å². The van der Waals surface area contributed by atoms with Gasteiger partial charge in [0.25, 0.3) is 0 Å². The van der Waals surface area contributed by atoms with Crippen molar-refractivity contribution in [1.29, 1.82) is 0 Å². The highest BCUT2D eigenvalue weighted by molar-refractivity contribution is 6.30. The molecule has 1 aliphatic rings. The number of ether oxygens (including phenoxy) is 1. The summed E-state index contributed by atoms with van der Waals surface area (Å²) in [6, 6.07) is 15.8. The quantitative estimate of drug-likeness (QED) is 0.792. The highest BCUT2D eigenvalue weighted by atomic mass is 35.5. The van der Waals surface area contributed by atoms with Crippen molar-refractivity contribution in [2.24, 2.45) is 0 Å². The Morgan fingerprint density at radius 3 is 2.59 bits per heavy atom. The summed E-state index contributed by atoms with van der Waals surface area (Å²) in [4.78, 5) is 14.6. The smallest absolute Gasteiger partial charge is 0.315 e. The van der Waals surface area contributed by atoms with E-state index in [1.165, 1.54) is 5.56 Å². The number of piperidine rings is 1. The second-order valence-corrected chi connectivity index (χ2v) is 7.29. The lowest BCUT2D eigenvalue weighted by Crippen LogP contribution is -2.47. The van der Waals surface area contributed by atoms with Crippen molar-refractivity contribution >= 4 is 17.6 Å². The first-order valence-corrected chi connectivity index (χ1v) is 9.64. The molecule has 2 N–H and O–H groups in total. The lowest BCUT2D eigenvalue weighted by molar-refractivity contribution is 0.186. The normalized spacial score (nSPS) is 15.3. The first-order chi connectivity index (χ1) is 13.1. The topological polar surface area (TPSA) is 53.6 Å². The van der Waals surface area contributed by atoms with Gasteiger partial charge in [0.1, 0.15) is 5.75 Å². The molecule has 0 atom stereocenters. The van der Waals surface area contributed by atoms with Crippen LogP contribution in [0.3, 0.4) is 0 Å². The third-order valence-electron chi connectivity index (χ3n) is 4.83. The minimum absolute atomic E-state index is 0.117. The average molecular weight is 388 g/mol. The van der Waals surface area contributed by atoms with Crippen LogP contribution in [0.4, 0.5) is 4.79 Å². The van der Waals surface area contributed by atoms with Crippen molar-refractivity contribution in [3.8, 4) is 5.75 Å². The second kappa shape index (κ2) is 9.62. The van der Waals surface area contributed by atoms with Crippen LogP contribution < -0.4 is 15.4 Å². The molecule has 2 aromatic carbocycles. The molecule has 144 valence electrons. The number of methoxy groups -OCH3 is 1. The lowest BCUT2D eigenvalue weighted by Gasteiger charge is -2.32. The molecule has 0 saturated carbocycles. The Morgan fingerprint density at radius 1 is 1.15 bits per heavy atom. The maximum Gasteiger partial charge on any atom is 0.315 e. The summed E-state index contributed by atoms with van der Waals surface area (Å²) < 4.78 is 5.20. The van der Waals surface area contributed by atoms with Crippen LogP contribution in [0.25, 0.3) is 0 Å². The van der Waals surface area contributed by atoms with Crippen molar-refractivity contribution < 1.29 is 9.53 Å². The summed E-state index contributed by atoms with van der Waals surface area (Å²) in [7, 11) is 1.64. The number of carbonyl (C=O) groups is 1. The number of nitrogens with one attached hydrogen (secondary N) is 2. The number of hydrogen-bond donors (Lipinski definition) is 2. The Bertz CT molecular complexity index is 743. The van der Waals surface area contributed by atoms with Crippen molar-refractivity contribution in [1.82, 2.24) is 15.5 Å². The largest absolute Gasteiger partial charge is 0.497 e. The van der Waals surface area contributed by atoms with E-state index in [2.05, 4.69) is 27.7 Å². The molecule has 1 heterocycles. The Hall–Kier alpha value is -2.24. The third kappa shape index (κ3) is 6.15. The number of halogens is 1. The summed E-state index contributed by atoms with van der Waals surface area (Å²) in [5, 5.41) is 6.77. The molecule has 0 radical (unpaired) electrons. The first kappa shape index (κ1) is 19.5. The standard InChI is InChI=1S/C21H26ClN3O2/c1-27-20-4-2-3-17(13-20)14-23-21(26)24-19-9-11-25(12-10-19)15-16-5-7-18(22)8-6-16/h2-8,13,19H,9-12,14-15H2,1H3,(H2,23,24,26). The number of nitrogens with zero attached hydrogens (tertiary/aromatic N) is 1. The van der Waals surface area contributed by atoms with E-state index in [1.54, 1.807) is 7.11 Å². The molecule has 3 rings (SSSR count). The third-order valence-corrected chi connectivity index (χ3v) is 5.08. The predicted octanol–water partition coefficient (Wildman–Crippen LogP) is 3.81. The summed E-state index contributed by atoms with van der Waals surface area (Å²) in [5.41, 5.74) is 2.28. The van der Waals surface area contributed by atoms with Crippen LogP contribution in [0.1, 0.15) is 24.0 Å². The van der Waals surface area contributed by atoms with Gasteiger partial charge in [-0.05, 0) is 48.2 Å². The molecule has 1 aliphatic heterocycles. The minimum atomic E-state index is -0.117. The van der Waals surface area contributed by atoms with E-state index in [9.17, 15) is 4.79 Å². The van der Waals surface area contributed by atoms with E-state index >= 15 is 0 Å². The van der Waals surface area contributed by atoms with Gasteiger partial charge >= 0.3 is 6.03 Å². The molecule has 0 spiro atoms. The monoisotopic (exact) mass is 387 g/mol. The molecule has 5 nitrogen and oxygen atoms in total. The highest BCUT2D eigenvalue weighted by Gasteiger charge is 2.20. The van der Waals surface area contributed by atoms with Gasteiger partial charge in [0.15, 0.2) is 0 Å². The second-order valence-electron chi connectivity index (χ2n) is 6.86. The molecule has 2 amide bonds. The molecule has 0 aromatic heterocycles. The summed E-state index contributed by atoms with van der Waals surface area (Å²) >= 11 is 5.94. The number of urea groups is 1. The van der Waals surface area contributed by atoms with Gasteiger partial charge in [-0.1, -0.05) is 35.9 Å². The lowest BCUT2D eigenvalue weighted by atomic mass is 10.0. The zero-order valence-electron chi connectivity index (χ0n) is 15.6. The highest BCUT2D eigenvalue weighted by Crippen LogP contribution is 2.16. The van der Waals surface area contributed by atoms with E-state index in [4.69, 9.17) is 16.3 Å². The molecule has 2 aromatic rings. The molecule has 1 fully saturated rings. The van der Waals surface area contributed by atoms with Gasteiger partial charge in [-0.15, -0.1) is 0 Å². The van der Waals surface area contributed by atoms with Crippen LogP contribution in [-0.2, 0) is 13.1 Å². The summed E-state index contributed by atoms with van der Waals surface area (Å²) in [6.07, 6.45) is 1.92. The van der Waals surface area contributed by atoms with Crippen LogP contribution in [0.2, 0.25) is 5.02 Å². The number of hydrogen-bond acceptors (Lipinski definition) is 3. The number of carbonyl (C=O) groups excluding carboxylic acids is 1. The van der Waals surface area contributed by atoms with E-state index in [1.807, 2.05) is 36.4 Å². The Balaban J connectivity index is 1.38. The fraction of sp³-hybridized carbons (Fsp3) is 0.381. The van der Waals surface area contributed by atoms with E-state index in [0.29, 0.717) is 6.54 Å². The maximum atomic E-state index is 12.2. The number of rotatable bonds is 6. The fourth-order valence-corrected chi connectivity index (χ4v) is 3.41. The van der Waals surface area contributed by atoms with Gasteiger partial charge in [0.2, 0.25) is 0 Å². The maximum absolute atomic E-state index is 12.2. The Morgan fingerprint density at radius 2 is 1.89 bits per heavy atom. The zero-order chi connectivity index (χ0) is 19.1. The predicted molar refractivity (Wildman–Crippen MR) is 108 cm³/mol. The SMILES string of the molecule is COc1cccc(CNC(=O)NC2CCN(Cc3ccc(Cl)cc3)CC2)c1. The van der Waals surface area contributed by atoms with Crippen LogP contribution in [-0.4, -0.2) is 37.2 Å². The molecule has 0 aliphatic carbocycles. The first-order valence-electron chi connectivity index (χ1n) is 9.26. The molecule has 0 unspecified atom stereocenters. The Labute approximate surface area is 165 Å². The van der Waals surface area contributed by atoms with Gasteiger partial charge in [0, 0.05) is 37.2 Å². The van der Waals surface area contributed by atoms with Crippen LogP contribution in [0.5, 0.6) is 5.75 Å². The molecular weight excluding hydrogens is 362 g/mol. The molecule has 6 heteroatoms. The number of amides is 2. The molecular formula is C21H26ClN3O2. The fourth-order valence-electron chi connectivity index (χ4n) is 3.28. The summed E-state index contributed by atoms with van der Waals surface area (Å²) in [5.74, 6) is 0.794. The van der Waals surface area contributed by atoms with Crippen molar-refractivity contribution in [3.05, 3.63) is 64.7 Å². The molecule has 0 bridgehead atoms. The van der Waals surface area contributed by atoms with Crippen LogP contribution >= 0.6 is 11.6 Å². The average Bonchev–Trinajstić information content (AvgIpc) is 2.70. The molecule has 1 saturated heterocycles. The van der Waals surface area contributed by atoms with Gasteiger partial charge in [-0.2, -0.15) is 0 Å². The van der Waals surface area contributed by atoms with E-state index in [-0.39, 0.29) is 12.1 Å². The van der Waals surface area contributed by atoms with Gasteiger partial charge in [-0.25, -0.2) is 4.79 Å². The zero-order valence-corrected chi connectivity index (χ0v) is 16.3. The summed E-state index contributed by atoms with van der Waals surface area (Å²) in [6.45, 7) is 3.36. The van der Waals surface area contributed by atoms with Crippen molar-refractivity contribution in [2.75, 3.05) is 20.2 Å².